The van der Waals surface area contributed by atoms with Crippen molar-refractivity contribution >= 4 is 18.0 Å². The Labute approximate surface area is 110 Å². The second kappa shape index (κ2) is 6.21. The molecule has 1 fully saturated rings. The van der Waals surface area contributed by atoms with Gasteiger partial charge in [-0.1, -0.05) is 0 Å². The molecular formula is C12H17NO6. The van der Waals surface area contributed by atoms with Gasteiger partial charge in [-0.25, -0.2) is 14.4 Å². The van der Waals surface area contributed by atoms with E-state index < -0.39 is 23.6 Å². The number of cyclic esters (lactones) is 1. The van der Waals surface area contributed by atoms with Crippen molar-refractivity contribution < 1.29 is 28.6 Å². The fourth-order valence-electron chi connectivity index (χ4n) is 1.22. The van der Waals surface area contributed by atoms with Gasteiger partial charge in [-0.15, -0.1) is 0 Å². The SMILES string of the molecule is CC(C)(C)OC(=O)/C=C/C(=O)OCC1COC(=O)N1. The Balaban J connectivity index is 2.27. The average molecular weight is 271 g/mol. The zero-order chi connectivity index (χ0) is 14.5. The summed E-state index contributed by atoms with van der Waals surface area (Å²) in [6.07, 6.45) is 1.44. The number of hydrogen-bond donors (Lipinski definition) is 1. The number of rotatable bonds is 4. The van der Waals surface area contributed by atoms with Gasteiger partial charge in [0.25, 0.3) is 0 Å². The minimum atomic E-state index is -0.688. The van der Waals surface area contributed by atoms with Gasteiger partial charge >= 0.3 is 18.0 Å². The highest BCUT2D eigenvalue weighted by molar-refractivity contribution is 5.91. The predicted octanol–water partition coefficient (Wildman–Crippen LogP) is 0.536. The summed E-state index contributed by atoms with van der Waals surface area (Å²) in [6, 6.07) is -0.355. The lowest BCUT2D eigenvalue weighted by molar-refractivity contribution is -0.149. The lowest BCUT2D eigenvalue weighted by Crippen LogP contribution is -2.31. The quantitative estimate of drug-likeness (QED) is 0.456. The van der Waals surface area contributed by atoms with E-state index in [-0.39, 0.29) is 19.3 Å². The first kappa shape index (κ1) is 15.0. The Bertz CT molecular complexity index is 396. The van der Waals surface area contributed by atoms with Gasteiger partial charge in [0, 0.05) is 12.2 Å². The van der Waals surface area contributed by atoms with E-state index in [9.17, 15) is 14.4 Å². The fraction of sp³-hybridized carbons (Fsp3) is 0.583. The van der Waals surface area contributed by atoms with Crippen LogP contribution in [0.1, 0.15) is 20.8 Å². The first-order valence-electron chi connectivity index (χ1n) is 5.77. The topological polar surface area (TPSA) is 90.9 Å². The molecule has 0 aromatic heterocycles. The molecule has 19 heavy (non-hydrogen) atoms. The summed E-state index contributed by atoms with van der Waals surface area (Å²) in [6.45, 7) is 5.31. The molecule has 106 valence electrons. The number of esters is 2. The van der Waals surface area contributed by atoms with Crippen molar-refractivity contribution in [3.63, 3.8) is 0 Å². The van der Waals surface area contributed by atoms with Gasteiger partial charge in [0.05, 0.1) is 0 Å². The molecule has 0 bridgehead atoms. The van der Waals surface area contributed by atoms with Crippen LogP contribution in [0.25, 0.3) is 0 Å². The Kier molecular flexibility index (Phi) is 4.91. The summed E-state index contributed by atoms with van der Waals surface area (Å²) in [5.74, 6) is -1.31. The molecule has 1 saturated heterocycles. The van der Waals surface area contributed by atoms with Crippen molar-refractivity contribution in [3.8, 4) is 0 Å². The number of alkyl carbamates (subject to hydrolysis) is 1. The zero-order valence-corrected chi connectivity index (χ0v) is 11.1. The minimum Gasteiger partial charge on any atom is -0.460 e. The van der Waals surface area contributed by atoms with Crippen LogP contribution >= 0.6 is 0 Å². The maximum Gasteiger partial charge on any atom is 0.407 e. The second-order valence-electron chi connectivity index (χ2n) is 4.94. The van der Waals surface area contributed by atoms with Crippen LogP contribution in [0.15, 0.2) is 12.2 Å². The largest absolute Gasteiger partial charge is 0.460 e. The second-order valence-corrected chi connectivity index (χ2v) is 4.94. The molecule has 0 spiro atoms. The smallest absolute Gasteiger partial charge is 0.407 e. The lowest BCUT2D eigenvalue weighted by Gasteiger charge is -2.17. The maximum absolute atomic E-state index is 11.3. The Morgan fingerprint density at radius 2 is 2.00 bits per heavy atom. The fourth-order valence-corrected chi connectivity index (χ4v) is 1.22. The molecule has 1 atom stereocenters. The van der Waals surface area contributed by atoms with Crippen molar-refractivity contribution in [2.24, 2.45) is 0 Å². The molecule has 1 aliphatic heterocycles. The predicted molar refractivity (Wildman–Crippen MR) is 64.2 cm³/mol. The first-order valence-corrected chi connectivity index (χ1v) is 5.77. The molecule has 1 heterocycles. The van der Waals surface area contributed by atoms with E-state index in [1.165, 1.54) is 0 Å². The van der Waals surface area contributed by atoms with Crippen LogP contribution in [0.3, 0.4) is 0 Å². The van der Waals surface area contributed by atoms with E-state index in [0.29, 0.717) is 0 Å². The number of nitrogens with one attached hydrogen (secondary N) is 1. The number of carbonyl (C=O) groups excluding carboxylic acids is 3. The number of amides is 1. The van der Waals surface area contributed by atoms with E-state index in [0.717, 1.165) is 12.2 Å². The standard InChI is InChI=1S/C12H17NO6/c1-12(2,3)19-10(15)5-4-9(14)17-6-8-7-18-11(16)13-8/h4-5,8H,6-7H2,1-3H3,(H,13,16)/b5-4+. The molecule has 1 aliphatic rings. The summed E-state index contributed by atoms with van der Waals surface area (Å²) < 4.78 is 14.4. The van der Waals surface area contributed by atoms with Gasteiger partial charge in [-0.3, -0.25) is 0 Å². The van der Waals surface area contributed by atoms with Crippen molar-refractivity contribution in [1.82, 2.24) is 5.32 Å². The van der Waals surface area contributed by atoms with Crippen molar-refractivity contribution in [3.05, 3.63) is 12.2 Å². The van der Waals surface area contributed by atoms with E-state index in [1.807, 2.05) is 0 Å². The van der Waals surface area contributed by atoms with E-state index >= 15 is 0 Å². The van der Waals surface area contributed by atoms with Gasteiger partial charge in [0.1, 0.15) is 24.9 Å². The van der Waals surface area contributed by atoms with Crippen LogP contribution in [-0.2, 0) is 23.8 Å². The van der Waals surface area contributed by atoms with Crippen LogP contribution in [0.4, 0.5) is 4.79 Å². The Hall–Kier alpha value is -2.05. The lowest BCUT2D eigenvalue weighted by atomic mass is 10.2. The van der Waals surface area contributed by atoms with E-state index in [4.69, 9.17) is 9.47 Å². The molecule has 0 aliphatic carbocycles. The Morgan fingerprint density at radius 1 is 1.37 bits per heavy atom. The van der Waals surface area contributed by atoms with Crippen molar-refractivity contribution in [1.29, 1.82) is 0 Å². The molecule has 0 aromatic carbocycles. The molecular weight excluding hydrogens is 254 g/mol. The minimum absolute atomic E-state index is 0.0107. The van der Waals surface area contributed by atoms with Gasteiger partial charge in [0.15, 0.2) is 0 Å². The van der Waals surface area contributed by atoms with Crippen molar-refractivity contribution in [2.75, 3.05) is 13.2 Å². The van der Waals surface area contributed by atoms with Gasteiger partial charge in [-0.05, 0) is 20.8 Å². The normalized spacial score (nSPS) is 18.9. The molecule has 1 amide bonds. The number of ether oxygens (including phenoxy) is 3. The number of carbonyl (C=O) groups is 3. The van der Waals surface area contributed by atoms with E-state index in [1.54, 1.807) is 20.8 Å². The Morgan fingerprint density at radius 3 is 2.53 bits per heavy atom. The highest BCUT2D eigenvalue weighted by Gasteiger charge is 2.23. The van der Waals surface area contributed by atoms with E-state index in [2.05, 4.69) is 10.1 Å². The highest BCUT2D eigenvalue weighted by atomic mass is 16.6. The highest BCUT2D eigenvalue weighted by Crippen LogP contribution is 2.07. The van der Waals surface area contributed by atoms with Crippen LogP contribution in [0.2, 0.25) is 0 Å². The summed E-state index contributed by atoms with van der Waals surface area (Å²) in [4.78, 5) is 33.3. The molecule has 0 radical (unpaired) electrons. The van der Waals surface area contributed by atoms with Crippen LogP contribution in [0.5, 0.6) is 0 Å². The molecule has 1 N–H and O–H groups in total. The zero-order valence-electron chi connectivity index (χ0n) is 11.1. The molecule has 0 aromatic rings. The molecule has 7 heteroatoms. The monoisotopic (exact) mass is 271 g/mol. The molecule has 0 saturated carbocycles. The van der Waals surface area contributed by atoms with Crippen molar-refractivity contribution in [2.45, 2.75) is 32.4 Å². The maximum atomic E-state index is 11.3. The summed E-state index contributed by atoms with van der Waals surface area (Å²) in [7, 11) is 0. The van der Waals surface area contributed by atoms with Gasteiger partial charge < -0.3 is 19.5 Å². The third-order valence-corrected chi connectivity index (χ3v) is 1.93. The summed E-state index contributed by atoms with van der Waals surface area (Å²) in [5.41, 5.74) is -0.614. The van der Waals surface area contributed by atoms with Crippen LogP contribution < -0.4 is 5.32 Å². The molecule has 7 nitrogen and oxygen atoms in total. The molecule has 1 rings (SSSR count). The average Bonchev–Trinajstić information content (AvgIpc) is 2.67. The first-order chi connectivity index (χ1) is 8.76. The van der Waals surface area contributed by atoms with Crippen LogP contribution in [-0.4, -0.2) is 42.9 Å². The third-order valence-electron chi connectivity index (χ3n) is 1.93. The summed E-state index contributed by atoms with van der Waals surface area (Å²) >= 11 is 0. The summed E-state index contributed by atoms with van der Waals surface area (Å²) in [5, 5.41) is 2.45. The van der Waals surface area contributed by atoms with Gasteiger partial charge in [-0.2, -0.15) is 0 Å². The molecule has 1 unspecified atom stereocenters. The van der Waals surface area contributed by atoms with Gasteiger partial charge in [0.2, 0.25) is 0 Å². The number of hydrogen-bond acceptors (Lipinski definition) is 6. The van der Waals surface area contributed by atoms with Crippen LogP contribution in [0, 0.1) is 0 Å². The third kappa shape index (κ3) is 6.44.